The lowest BCUT2D eigenvalue weighted by Gasteiger charge is -2.31. The maximum Gasteiger partial charge on any atom is 0.322 e. The van der Waals surface area contributed by atoms with Gasteiger partial charge in [-0.25, -0.2) is 0 Å². The highest BCUT2D eigenvalue weighted by Crippen LogP contribution is 2.43. The van der Waals surface area contributed by atoms with Gasteiger partial charge < -0.3 is 31.3 Å². The molecule has 9 nitrogen and oxygen atoms in total. The topological polar surface area (TPSA) is 148 Å². The highest BCUT2D eigenvalue weighted by atomic mass is 16.4. The summed E-state index contributed by atoms with van der Waals surface area (Å²) in [6.07, 6.45) is 0.385. The lowest BCUT2D eigenvalue weighted by atomic mass is 9.78. The average molecular weight is 437 g/mol. The minimum Gasteiger partial charge on any atom is -0.480 e. The fourth-order valence-electron chi connectivity index (χ4n) is 4.08. The van der Waals surface area contributed by atoms with Crippen molar-refractivity contribution in [1.29, 1.82) is 0 Å². The quantitative estimate of drug-likeness (QED) is 0.375. The van der Waals surface area contributed by atoms with E-state index < -0.39 is 36.5 Å². The van der Waals surface area contributed by atoms with Gasteiger partial charge in [0.1, 0.15) is 6.54 Å². The summed E-state index contributed by atoms with van der Waals surface area (Å²) < 4.78 is 0. The van der Waals surface area contributed by atoms with Gasteiger partial charge in [-0.05, 0) is 35.7 Å². The predicted octanol–water partition coefficient (Wildman–Crippen LogP) is 1.42. The molecule has 1 aliphatic carbocycles. The average Bonchev–Trinajstić information content (AvgIpc) is 3.08. The second-order valence-corrected chi connectivity index (χ2v) is 7.81. The molecule has 166 valence electrons. The van der Waals surface area contributed by atoms with Crippen molar-refractivity contribution in [1.82, 2.24) is 5.32 Å². The van der Waals surface area contributed by atoms with E-state index in [0.717, 1.165) is 0 Å². The van der Waals surface area contributed by atoms with Gasteiger partial charge in [0.05, 0.1) is 18.8 Å². The van der Waals surface area contributed by atoms with Crippen LogP contribution in [0.2, 0.25) is 0 Å². The Labute approximate surface area is 183 Å². The number of carboxylic acid groups (broad SMARTS) is 1. The van der Waals surface area contributed by atoms with Crippen LogP contribution in [0.5, 0.6) is 0 Å². The van der Waals surface area contributed by atoms with Crippen LogP contribution in [0.4, 0.5) is 11.4 Å². The molecule has 32 heavy (non-hydrogen) atoms. The summed E-state index contributed by atoms with van der Waals surface area (Å²) in [6, 6.07) is 12.3. The van der Waals surface area contributed by atoms with E-state index in [1.165, 1.54) is 0 Å². The van der Waals surface area contributed by atoms with E-state index in [9.17, 15) is 24.6 Å². The van der Waals surface area contributed by atoms with Gasteiger partial charge in [-0.1, -0.05) is 30.3 Å². The Morgan fingerprint density at radius 3 is 2.59 bits per heavy atom. The molecule has 3 atom stereocenters. The molecule has 1 aliphatic heterocycles. The van der Waals surface area contributed by atoms with Crippen LogP contribution in [-0.2, 0) is 14.4 Å². The zero-order valence-corrected chi connectivity index (χ0v) is 17.0. The van der Waals surface area contributed by atoms with Crippen LogP contribution in [0.3, 0.4) is 0 Å². The minimum absolute atomic E-state index is 0.128. The van der Waals surface area contributed by atoms with Crippen molar-refractivity contribution in [3.8, 4) is 0 Å². The van der Waals surface area contributed by atoms with Crippen molar-refractivity contribution in [2.75, 3.05) is 23.7 Å². The van der Waals surface area contributed by atoms with Gasteiger partial charge in [0.2, 0.25) is 5.91 Å². The fraction of sp³-hybridized carbons (Fsp3) is 0.261. The number of anilines is 2. The Hall–Kier alpha value is -3.69. The molecule has 6 N–H and O–H groups in total. The minimum atomic E-state index is -1.13. The zero-order valence-electron chi connectivity index (χ0n) is 17.0. The number of rotatable bonds is 6. The van der Waals surface area contributed by atoms with Crippen molar-refractivity contribution in [2.45, 2.75) is 18.6 Å². The van der Waals surface area contributed by atoms with E-state index in [2.05, 4.69) is 16.0 Å². The number of fused-ring (bicyclic) bond motifs is 2. The molecule has 1 heterocycles. The molecule has 0 bridgehead atoms. The van der Waals surface area contributed by atoms with E-state index in [-0.39, 0.29) is 18.9 Å². The van der Waals surface area contributed by atoms with Crippen LogP contribution in [0.25, 0.3) is 5.57 Å². The zero-order chi connectivity index (χ0) is 22.8. The Morgan fingerprint density at radius 2 is 1.84 bits per heavy atom. The summed E-state index contributed by atoms with van der Waals surface area (Å²) in [4.78, 5) is 34.9. The summed E-state index contributed by atoms with van der Waals surface area (Å²) in [5.74, 6) is -2.37. The standard InChI is InChI=1S/C23H23N3O6/c27-19-8-12(22(31)15-4-2-1-3-14(15)19)7-17-16-9-13(5-6-18(16)26-23(17)32)24-10-20(28)25-11-21(29)30/h1-7,9,12,19,22,24,27,31H,8,10-11H2,(H,25,28)(H,26,32)(H,29,30). The number of hydrogen-bond acceptors (Lipinski definition) is 6. The summed E-state index contributed by atoms with van der Waals surface area (Å²) in [5, 5.41) is 37.9. The third-order valence-corrected chi connectivity index (χ3v) is 5.65. The largest absolute Gasteiger partial charge is 0.480 e. The summed E-state index contributed by atoms with van der Waals surface area (Å²) in [6.45, 7) is -0.592. The van der Waals surface area contributed by atoms with Gasteiger partial charge >= 0.3 is 5.97 Å². The molecule has 9 heteroatoms. The van der Waals surface area contributed by atoms with Gasteiger partial charge in [0, 0.05) is 28.4 Å². The number of carbonyl (C=O) groups is 3. The van der Waals surface area contributed by atoms with E-state index in [4.69, 9.17) is 5.11 Å². The number of aliphatic carboxylic acids is 1. The predicted molar refractivity (Wildman–Crippen MR) is 117 cm³/mol. The first-order valence-corrected chi connectivity index (χ1v) is 10.2. The Bertz CT molecular complexity index is 1110. The number of nitrogens with one attached hydrogen (secondary N) is 3. The number of carbonyl (C=O) groups excluding carboxylic acids is 2. The van der Waals surface area contributed by atoms with Crippen molar-refractivity contribution in [2.24, 2.45) is 5.92 Å². The molecular formula is C23H23N3O6. The Balaban J connectivity index is 1.54. The fourth-order valence-corrected chi connectivity index (χ4v) is 4.08. The van der Waals surface area contributed by atoms with Gasteiger partial charge in [-0.2, -0.15) is 0 Å². The smallest absolute Gasteiger partial charge is 0.322 e. The van der Waals surface area contributed by atoms with Crippen molar-refractivity contribution in [3.05, 3.63) is 65.2 Å². The van der Waals surface area contributed by atoms with Crippen LogP contribution < -0.4 is 16.0 Å². The number of aliphatic hydroxyl groups excluding tert-OH is 2. The highest BCUT2D eigenvalue weighted by molar-refractivity contribution is 6.31. The molecule has 0 saturated carbocycles. The normalized spacial score (nSPS) is 22.6. The first-order chi connectivity index (χ1) is 15.3. The van der Waals surface area contributed by atoms with E-state index in [1.807, 2.05) is 6.07 Å². The first kappa shape index (κ1) is 21.5. The number of benzene rings is 2. The van der Waals surface area contributed by atoms with Crippen molar-refractivity contribution in [3.63, 3.8) is 0 Å². The molecule has 0 aromatic heterocycles. The lowest BCUT2D eigenvalue weighted by molar-refractivity contribution is -0.137. The number of amides is 2. The molecule has 0 saturated heterocycles. The Kier molecular flexibility index (Phi) is 5.93. The van der Waals surface area contributed by atoms with Crippen LogP contribution in [-0.4, -0.2) is 46.2 Å². The summed E-state index contributed by atoms with van der Waals surface area (Å²) in [7, 11) is 0. The van der Waals surface area contributed by atoms with Gasteiger partial charge in [-0.15, -0.1) is 0 Å². The lowest BCUT2D eigenvalue weighted by Crippen LogP contribution is -2.33. The molecule has 2 aromatic rings. The molecule has 0 fully saturated rings. The molecule has 0 radical (unpaired) electrons. The molecule has 4 rings (SSSR count). The molecule has 2 aliphatic rings. The summed E-state index contributed by atoms with van der Waals surface area (Å²) in [5.41, 5.74) is 3.52. The van der Waals surface area contributed by atoms with Crippen LogP contribution in [0, 0.1) is 5.92 Å². The second-order valence-electron chi connectivity index (χ2n) is 7.81. The SMILES string of the molecule is O=C(O)CNC(=O)CNc1ccc2c(c1)C(=CC1CC(O)c3ccccc3C1O)C(=O)N2. The maximum atomic E-state index is 12.6. The van der Waals surface area contributed by atoms with Gasteiger partial charge in [0.15, 0.2) is 0 Å². The number of hydrogen-bond donors (Lipinski definition) is 6. The monoisotopic (exact) mass is 437 g/mol. The molecule has 0 spiro atoms. The van der Waals surface area contributed by atoms with E-state index in [1.54, 1.807) is 42.5 Å². The first-order valence-electron chi connectivity index (χ1n) is 10.2. The van der Waals surface area contributed by atoms with Crippen LogP contribution in [0.15, 0.2) is 48.5 Å². The van der Waals surface area contributed by atoms with Gasteiger partial charge in [-0.3, -0.25) is 14.4 Å². The number of carboxylic acids is 1. The third kappa shape index (κ3) is 4.34. The molecule has 2 aromatic carbocycles. The van der Waals surface area contributed by atoms with Crippen LogP contribution in [0.1, 0.15) is 35.3 Å². The molecular weight excluding hydrogens is 414 g/mol. The summed E-state index contributed by atoms with van der Waals surface area (Å²) >= 11 is 0. The molecule has 2 amide bonds. The number of aliphatic hydroxyl groups is 2. The van der Waals surface area contributed by atoms with Crippen LogP contribution >= 0.6 is 0 Å². The molecule has 3 unspecified atom stereocenters. The highest BCUT2D eigenvalue weighted by Gasteiger charge is 2.34. The van der Waals surface area contributed by atoms with Crippen molar-refractivity contribution >= 4 is 34.7 Å². The second kappa shape index (κ2) is 8.81. The maximum absolute atomic E-state index is 12.6. The van der Waals surface area contributed by atoms with E-state index in [0.29, 0.717) is 33.6 Å². The van der Waals surface area contributed by atoms with Gasteiger partial charge in [0.25, 0.3) is 5.91 Å². The van der Waals surface area contributed by atoms with Crippen molar-refractivity contribution < 1.29 is 29.7 Å². The Morgan fingerprint density at radius 1 is 1.09 bits per heavy atom. The third-order valence-electron chi connectivity index (χ3n) is 5.65. The van der Waals surface area contributed by atoms with E-state index >= 15 is 0 Å².